The molecule has 3 rings (SSSR count). The number of anilines is 1. The molecule has 2 N–H and O–H groups in total. The van der Waals surface area contributed by atoms with Gasteiger partial charge in [-0.1, -0.05) is 6.07 Å². The summed E-state index contributed by atoms with van der Waals surface area (Å²) in [4.78, 5) is 12.2. The van der Waals surface area contributed by atoms with Crippen LogP contribution in [0, 0.1) is 0 Å². The Hall–Kier alpha value is -2.89. The molecule has 0 bridgehead atoms. The van der Waals surface area contributed by atoms with Crippen LogP contribution in [0.15, 0.2) is 55.2 Å². The van der Waals surface area contributed by atoms with E-state index in [2.05, 4.69) is 15.0 Å². The van der Waals surface area contributed by atoms with Gasteiger partial charge < -0.3 is 15.0 Å². The summed E-state index contributed by atoms with van der Waals surface area (Å²) in [6, 6.07) is 9.08. The fourth-order valence-corrected chi connectivity index (χ4v) is 1.58. The van der Waals surface area contributed by atoms with E-state index in [1.807, 2.05) is 18.2 Å². The number of pyridine rings is 2. The van der Waals surface area contributed by atoms with Gasteiger partial charge in [-0.15, -0.1) is 0 Å². The average Bonchev–Trinajstić information content (AvgIpc) is 2.87. The normalized spacial score (nSPS) is 10.3. The van der Waals surface area contributed by atoms with Gasteiger partial charge in [0.25, 0.3) is 0 Å². The molecule has 0 spiro atoms. The maximum Gasteiger partial charge on any atom is 0.221 e. The molecule has 3 aromatic rings. The lowest BCUT2D eigenvalue weighted by molar-refractivity contribution is 0.444. The molecule has 0 fully saturated rings. The van der Waals surface area contributed by atoms with E-state index in [1.54, 1.807) is 41.6 Å². The Morgan fingerprint density at radius 2 is 1.89 bits per heavy atom. The number of nitrogens with zero attached hydrogens (tertiary/aromatic N) is 4. The minimum Gasteiger partial charge on any atom is -0.421 e. The molecular weight excluding hydrogens is 242 g/mol. The second-order valence-electron chi connectivity index (χ2n) is 3.83. The van der Waals surface area contributed by atoms with Gasteiger partial charge in [0, 0.05) is 18.3 Å². The highest BCUT2D eigenvalue weighted by atomic mass is 16.5. The molecule has 0 atom stereocenters. The summed E-state index contributed by atoms with van der Waals surface area (Å²) in [5.74, 6) is 1.46. The summed E-state index contributed by atoms with van der Waals surface area (Å²) >= 11 is 0. The maximum atomic E-state index is 5.56. The number of hydrogen-bond donors (Lipinski definition) is 1. The van der Waals surface area contributed by atoms with Crippen molar-refractivity contribution >= 4 is 5.82 Å². The van der Waals surface area contributed by atoms with E-state index >= 15 is 0 Å². The minimum atomic E-state index is 0.466. The van der Waals surface area contributed by atoms with Crippen LogP contribution in [0.4, 0.5) is 5.82 Å². The second kappa shape index (κ2) is 4.77. The van der Waals surface area contributed by atoms with Crippen molar-refractivity contribution in [1.29, 1.82) is 0 Å². The number of aromatic nitrogens is 4. The molecule has 0 aliphatic carbocycles. The lowest BCUT2D eigenvalue weighted by Gasteiger charge is -2.05. The number of ether oxygens (including phenoxy) is 1. The molecule has 0 aromatic carbocycles. The molecule has 0 amide bonds. The summed E-state index contributed by atoms with van der Waals surface area (Å²) in [5.41, 5.74) is 6.42. The van der Waals surface area contributed by atoms with Crippen molar-refractivity contribution < 1.29 is 4.74 Å². The van der Waals surface area contributed by atoms with Crippen LogP contribution in [0.2, 0.25) is 0 Å². The fraction of sp³-hybridized carbons (Fsp3) is 0. The largest absolute Gasteiger partial charge is 0.421 e. The molecule has 0 aliphatic rings. The van der Waals surface area contributed by atoms with E-state index in [1.165, 1.54) is 0 Å². The molecule has 6 heteroatoms. The number of hydrogen-bond acceptors (Lipinski definition) is 5. The Morgan fingerprint density at radius 1 is 1.00 bits per heavy atom. The van der Waals surface area contributed by atoms with Crippen molar-refractivity contribution in [2.24, 2.45) is 0 Å². The second-order valence-corrected chi connectivity index (χ2v) is 3.83. The summed E-state index contributed by atoms with van der Waals surface area (Å²) in [7, 11) is 0. The van der Waals surface area contributed by atoms with Crippen molar-refractivity contribution in [3.05, 3.63) is 55.2 Å². The van der Waals surface area contributed by atoms with Crippen molar-refractivity contribution in [2.45, 2.75) is 0 Å². The molecule has 6 nitrogen and oxygen atoms in total. The molecular formula is C13H11N5O. The van der Waals surface area contributed by atoms with Gasteiger partial charge in [-0.2, -0.15) is 0 Å². The number of nitrogens with two attached hydrogens (primary N) is 1. The topological polar surface area (TPSA) is 78.9 Å². The van der Waals surface area contributed by atoms with Crippen molar-refractivity contribution in [3.8, 4) is 17.4 Å². The molecule has 0 saturated heterocycles. The van der Waals surface area contributed by atoms with Gasteiger partial charge >= 0.3 is 0 Å². The first-order valence-electron chi connectivity index (χ1n) is 5.66. The molecule has 3 aromatic heterocycles. The van der Waals surface area contributed by atoms with E-state index in [0.717, 1.165) is 5.69 Å². The summed E-state index contributed by atoms with van der Waals surface area (Å²) in [6.45, 7) is 0. The Morgan fingerprint density at radius 3 is 2.53 bits per heavy atom. The molecule has 0 radical (unpaired) electrons. The van der Waals surface area contributed by atoms with Gasteiger partial charge in [0.15, 0.2) is 0 Å². The van der Waals surface area contributed by atoms with Gasteiger partial charge in [0.05, 0.1) is 18.1 Å². The first kappa shape index (κ1) is 11.2. The standard InChI is InChI=1S/C13H11N5O/c14-11-8-18(9-17-11)10-4-5-13(16-7-10)19-12-3-1-2-6-15-12/h1-9H,14H2. The maximum absolute atomic E-state index is 5.56. The first-order chi connectivity index (χ1) is 9.31. The van der Waals surface area contributed by atoms with Crippen molar-refractivity contribution in [2.75, 3.05) is 5.73 Å². The number of nitrogen functional groups attached to an aromatic ring is 1. The SMILES string of the molecule is Nc1cn(-c2ccc(Oc3ccccn3)nc2)cn1. The third kappa shape index (κ3) is 2.52. The van der Waals surface area contributed by atoms with Gasteiger partial charge in [-0.25, -0.2) is 15.0 Å². The summed E-state index contributed by atoms with van der Waals surface area (Å²) in [6.07, 6.45) is 6.69. The smallest absolute Gasteiger partial charge is 0.221 e. The van der Waals surface area contributed by atoms with Gasteiger partial charge in [0.1, 0.15) is 12.1 Å². The van der Waals surface area contributed by atoms with Crippen LogP contribution in [0.1, 0.15) is 0 Å². The van der Waals surface area contributed by atoms with Crippen LogP contribution in [0.3, 0.4) is 0 Å². The van der Waals surface area contributed by atoms with E-state index in [4.69, 9.17) is 10.5 Å². The Labute approximate surface area is 109 Å². The van der Waals surface area contributed by atoms with E-state index < -0.39 is 0 Å². The fourth-order valence-electron chi connectivity index (χ4n) is 1.58. The number of imidazole rings is 1. The van der Waals surface area contributed by atoms with E-state index in [0.29, 0.717) is 17.6 Å². The average molecular weight is 253 g/mol. The van der Waals surface area contributed by atoms with Crippen LogP contribution in [0.25, 0.3) is 5.69 Å². The monoisotopic (exact) mass is 253 g/mol. The summed E-state index contributed by atoms with van der Waals surface area (Å²) < 4.78 is 7.29. The predicted octanol–water partition coefficient (Wildman–Crippen LogP) is 2.04. The highest BCUT2D eigenvalue weighted by Gasteiger charge is 2.01. The molecule has 3 heterocycles. The van der Waals surface area contributed by atoms with E-state index in [-0.39, 0.29) is 0 Å². The lowest BCUT2D eigenvalue weighted by atomic mass is 10.4. The molecule has 0 unspecified atom stereocenters. The Bertz CT molecular complexity index is 663. The Balaban J connectivity index is 1.79. The van der Waals surface area contributed by atoms with Crippen LogP contribution >= 0.6 is 0 Å². The van der Waals surface area contributed by atoms with Crippen molar-refractivity contribution in [3.63, 3.8) is 0 Å². The van der Waals surface area contributed by atoms with Gasteiger partial charge in [0.2, 0.25) is 11.8 Å². The Kier molecular flexibility index (Phi) is 2.82. The number of rotatable bonds is 3. The van der Waals surface area contributed by atoms with Crippen molar-refractivity contribution in [1.82, 2.24) is 19.5 Å². The molecule has 94 valence electrons. The van der Waals surface area contributed by atoms with Crippen LogP contribution in [-0.4, -0.2) is 19.5 Å². The van der Waals surface area contributed by atoms with Gasteiger partial charge in [-0.05, 0) is 12.1 Å². The molecule has 19 heavy (non-hydrogen) atoms. The third-order valence-electron chi connectivity index (χ3n) is 2.47. The van der Waals surface area contributed by atoms with Gasteiger partial charge in [-0.3, -0.25) is 0 Å². The zero-order valence-electron chi connectivity index (χ0n) is 9.97. The highest BCUT2D eigenvalue weighted by molar-refractivity contribution is 5.36. The molecule has 0 aliphatic heterocycles. The van der Waals surface area contributed by atoms with Crippen LogP contribution < -0.4 is 10.5 Å². The quantitative estimate of drug-likeness (QED) is 0.772. The van der Waals surface area contributed by atoms with E-state index in [9.17, 15) is 0 Å². The highest BCUT2D eigenvalue weighted by Crippen LogP contribution is 2.17. The van der Waals surface area contributed by atoms with Crippen LogP contribution in [0.5, 0.6) is 11.8 Å². The lowest BCUT2D eigenvalue weighted by Crippen LogP contribution is -1.94. The minimum absolute atomic E-state index is 0.466. The zero-order chi connectivity index (χ0) is 13.1. The molecule has 0 saturated carbocycles. The van der Waals surface area contributed by atoms with Crippen LogP contribution in [-0.2, 0) is 0 Å². The predicted molar refractivity (Wildman–Crippen MR) is 70.1 cm³/mol. The first-order valence-corrected chi connectivity index (χ1v) is 5.66. The summed E-state index contributed by atoms with van der Waals surface area (Å²) in [5, 5.41) is 0. The zero-order valence-corrected chi connectivity index (χ0v) is 9.97. The third-order valence-corrected chi connectivity index (χ3v) is 2.47.